The molecule has 250 valence electrons. The van der Waals surface area contributed by atoms with Gasteiger partial charge < -0.3 is 44.5 Å². The third kappa shape index (κ3) is 4.86. The lowest BCUT2D eigenvalue weighted by Gasteiger charge is -2.45. The summed E-state index contributed by atoms with van der Waals surface area (Å²) in [6.45, 7) is 4.11. The second kappa shape index (κ2) is 12.3. The maximum absolute atomic E-state index is 15.1. The van der Waals surface area contributed by atoms with E-state index in [0.29, 0.717) is 42.7 Å². The Hall–Kier alpha value is -4.48. The summed E-state index contributed by atoms with van der Waals surface area (Å²) in [5.74, 6) is -2.48. The SMILES string of the molecule is CC[C@H](C)C(=O)N[C@@H]1CCCN1C(=O)[C@@H]1[C@@H](c2ccccc2)[C@]2(c3ccc(OC)c(O)c3)Oc3cc(OC)cc(OC)c3[C@@]1(O)[C@@H]2O. The van der Waals surface area contributed by atoms with E-state index in [1.54, 1.807) is 29.2 Å². The molecule has 1 saturated heterocycles. The number of nitrogens with zero attached hydrogens (tertiary/aromatic N) is 1. The number of benzene rings is 3. The van der Waals surface area contributed by atoms with Crippen molar-refractivity contribution < 1.29 is 43.9 Å². The molecule has 7 atom stereocenters. The van der Waals surface area contributed by atoms with Crippen molar-refractivity contribution in [2.24, 2.45) is 11.8 Å². The van der Waals surface area contributed by atoms with Crippen LogP contribution in [-0.4, -0.2) is 72.2 Å². The van der Waals surface area contributed by atoms with Crippen LogP contribution in [0.1, 0.15) is 55.7 Å². The number of nitrogens with one attached hydrogen (secondary N) is 1. The van der Waals surface area contributed by atoms with Crippen molar-refractivity contribution in [3.63, 3.8) is 0 Å². The van der Waals surface area contributed by atoms with Gasteiger partial charge in [-0.05, 0) is 37.0 Å². The molecule has 11 heteroatoms. The lowest BCUT2D eigenvalue weighted by molar-refractivity contribution is -0.167. The highest BCUT2D eigenvalue weighted by atomic mass is 16.5. The largest absolute Gasteiger partial charge is 0.504 e. The number of amides is 2. The van der Waals surface area contributed by atoms with Gasteiger partial charge in [-0.1, -0.05) is 50.2 Å². The van der Waals surface area contributed by atoms with Crippen molar-refractivity contribution in [1.29, 1.82) is 0 Å². The number of aliphatic hydroxyl groups is 2. The minimum atomic E-state index is -2.26. The van der Waals surface area contributed by atoms with E-state index in [9.17, 15) is 20.1 Å². The summed E-state index contributed by atoms with van der Waals surface area (Å²) in [5.41, 5.74) is -3.00. The van der Waals surface area contributed by atoms with Crippen LogP contribution in [0.4, 0.5) is 0 Å². The first kappa shape index (κ1) is 32.5. The second-order valence-corrected chi connectivity index (χ2v) is 12.6. The van der Waals surface area contributed by atoms with E-state index in [0.717, 1.165) is 0 Å². The monoisotopic (exact) mass is 646 g/mol. The molecule has 1 saturated carbocycles. The Morgan fingerprint density at radius 1 is 1.04 bits per heavy atom. The van der Waals surface area contributed by atoms with E-state index in [4.69, 9.17) is 18.9 Å². The number of aliphatic hydroxyl groups excluding tert-OH is 1. The molecule has 2 aliphatic heterocycles. The van der Waals surface area contributed by atoms with Crippen LogP contribution in [0.15, 0.2) is 60.7 Å². The summed E-state index contributed by atoms with van der Waals surface area (Å²) in [6, 6.07) is 16.9. The number of methoxy groups -OCH3 is 3. The smallest absolute Gasteiger partial charge is 0.231 e. The van der Waals surface area contributed by atoms with Gasteiger partial charge in [-0.3, -0.25) is 9.59 Å². The summed E-state index contributed by atoms with van der Waals surface area (Å²) in [4.78, 5) is 29.8. The molecule has 2 amide bonds. The van der Waals surface area contributed by atoms with Gasteiger partial charge in [0.1, 0.15) is 35.1 Å². The number of phenolic OH excluding ortho intramolecular Hbond substituents is 1. The standard InChI is InChI=1S/C36H42N2O9/c1-6-20(2)32(40)37-28-13-10-16-38(28)33(41)31-29(21-11-8-7-9-12-21)36(22-14-15-25(45-4)24(39)17-22)34(42)35(31,43)30-26(46-5)18-23(44-3)19-27(30)47-36/h7-9,11-12,14-15,17-20,28-29,31,34,39,42-43H,6,10,13,16H2,1-5H3,(H,37,40)/t20-,28-,29+,31-,34-,35-,36-/m0/s1. The van der Waals surface area contributed by atoms with Gasteiger partial charge in [0, 0.05) is 36.1 Å². The van der Waals surface area contributed by atoms with E-state index < -0.39 is 41.2 Å². The lowest BCUT2D eigenvalue weighted by Crippen LogP contribution is -2.56. The predicted molar refractivity (Wildman–Crippen MR) is 171 cm³/mol. The topological polar surface area (TPSA) is 147 Å². The van der Waals surface area contributed by atoms with Gasteiger partial charge in [-0.2, -0.15) is 0 Å². The van der Waals surface area contributed by atoms with Crippen molar-refractivity contribution in [2.45, 2.75) is 62.5 Å². The minimum Gasteiger partial charge on any atom is -0.504 e. The minimum absolute atomic E-state index is 0.109. The maximum Gasteiger partial charge on any atom is 0.231 e. The number of hydrogen-bond acceptors (Lipinski definition) is 9. The van der Waals surface area contributed by atoms with Gasteiger partial charge in [0.05, 0.1) is 32.8 Å². The van der Waals surface area contributed by atoms with Crippen LogP contribution in [0.5, 0.6) is 28.7 Å². The Bertz CT molecular complexity index is 1670. The Kier molecular flexibility index (Phi) is 8.48. The number of carbonyl (C=O) groups excluding carboxylic acids is 2. The fourth-order valence-corrected chi connectivity index (χ4v) is 7.69. The molecule has 11 nitrogen and oxygen atoms in total. The lowest BCUT2D eigenvalue weighted by atomic mass is 9.75. The second-order valence-electron chi connectivity index (χ2n) is 12.6. The number of ether oxygens (including phenoxy) is 4. The average molecular weight is 647 g/mol. The Balaban J connectivity index is 1.62. The number of phenols is 1. The first-order chi connectivity index (χ1) is 22.6. The summed E-state index contributed by atoms with van der Waals surface area (Å²) in [6.07, 6.45) is -0.492. The van der Waals surface area contributed by atoms with Gasteiger partial charge in [-0.15, -0.1) is 0 Å². The molecular formula is C36H42N2O9. The maximum atomic E-state index is 15.1. The highest BCUT2D eigenvalue weighted by molar-refractivity contribution is 5.86. The first-order valence-electron chi connectivity index (χ1n) is 16.0. The summed E-state index contributed by atoms with van der Waals surface area (Å²) >= 11 is 0. The molecule has 4 N–H and O–H groups in total. The van der Waals surface area contributed by atoms with Crippen LogP contribution in [0.2, 0.25) is 0 Å². The molecule has 3 aliphatic rings. The fourth-order valence-electron chi connectivity index (χ4n) is 7.69. The highest BCUT2D eigenvalue weighted by Gasteiger charge is 2.76. The molecule has 1 aliphatic carbocycles. The van der Waals surface area contributed by atoms with E-state index in [1.165, 1.54) is 27.4 Å². The van der Waals surface area contributed by atoms with Crippen molar-refractivity contribution >= 4 is 11.8 Å². The number of carbonyl (C=O) groups is 2. The van der Waals surface area contributed by atoms with Gasteiger partial charge >= 0.3 is 0 Å². The summed E-state index contributed by atoms with van der Waals surface area (Å²) < 4.78 is 23.5. The quantitative estimate of drug-likeness (QED) is 0.273. The van der Waals surface area contributed by atoms with Crippen molar-refractivity contribution in [2.75, 3.05) is 27.9 Å². The molecule has 0 radical (unpaired) electrons. The van der Waals surface area contributed by atoms with Crippen LogP contribution in [-0.2, 0) is 20.8 Å². The third-order valence-electron chi connectivity index (χ3n) is 10.2. The third-order valence-corrected chi connectivity index (χ3v) is 10.2. The number of fused-ring (bicyclic) bond motifs is 4. The fraction of sp³-hybridized carbons (Fsp3) is 0.444. The van der Waals surface area contributed by atoms with E-state index in [1.807, 2.05) is 44.2 Å². The number of rotatable bonds is 9. The Morgan fingerprint density at radius 3 is 2.40 bits per heavy atom. The van der Waals surface area contributed by atoms with Crippen molar-refractivity contribution in [1.82, 2.24) is 10.2 Å². The van der Waals surface area contributed by atoms with Gasteiger partial charge in [0.15, 0.2) is 17.1 Å². The Labute approximate surface area is 274 Å². The van der Waals surface area contributed by atoms with E-state index in [-0.39, 0.29) is 40.4 Å². The molecule has 2 fully saturated rings. The highest BCUT2D eigenvalue weighted by Crippen LogP contribution is 2.68. The van der Waals surface area contributed by atoms with E-state index >= 15 is 4.79 Å². The molecule has 47 heavy (non-hydrogen) atoms. The predicted octanol–water partition coefficient (Wildman–Crippen LogP) is 3.78. The molecular weight excluding hydrogens is 604 g/mol. The molecule has 2 bridgehead atoms. The average Bonchev–Trinajstić information content (AvgIpc) is 3.59. The zero-order valence-electron chi connectivity index (χ0n) is 27.2. The van der Waals surface area contributed by atoms with Crippen LogP contribution >= 0.6 is 0 Å². The normalized spacial score (nSPS) is 28.2. The van der Waals surface area contributed by atoms with Gasteiger partial charge in [-0.25, -0.2) is 0 Å². The van der Waals surface area contributed by atoms with Crippen LogP contribution in [0.25, 0.3) is 0 Å². The molecule has 0 aromatic heterocycles. The van der Waals surface area contributed by atoms with E-state index in [2.05, 4.69) is 5.32 Å². The van der Waals surface area contributed by atoms with Crippen LogP contribution in [0, 0.1) is 11.8 Å². The van der Waals surface area contributed by atoms with Crippen molar-refractivity contribution in [3.05, 3.63) is 77.4 Å². The van der Waals surface area contributed by atoms with Gasteiger partial charge in [0.25, 0.3) is 0 Å². The summed E-state index contributed by atoms with van der Waals surface area (Å²) in [7, 11) is 4.34. The number of likely N-dealkylation sites (tertiary alicyclic amines) is 1. The number of aromatic hydroxyl groups is 1. The van der Waals surface area contributed by atoms with Crippen LogP contribution < -0.4 is 24.3 Å². The molecule has 0 spiro atoms. The first-order valence-corrected chi connectivity index (χ1v) is 16.0. The molecule has 2 heterocycles. The number of hydrogen-bond donors (Lipinski definition) is 4. The molecule has 0 unspecified atom stereocenters. The zero-order valence-corrected chi connectivity index (χ0v) is 27.2. The zero-order chi connectivity index (χ0) is 33.7. The Morgan fingerprint density at radius 2 is 1.77 bits per heavy atom. The summed E-state index contributed by atoms with van der Waals surface area (Å²) in [5, 5.41) is 39.7. The molecule has 3 aromatic carbocycles. The van der Waals surface area contributed by atoms with Crippen LogP contribution in [0.3, 0.4) is 0 Å². The van der Waals surface area contributed by atoms with Gasteiger partial charge in [0.2, 0.25) is 11.8 Å². The molecule has 6 rings (SSSR count). The molecule has 3 aromatic rings. The van der Waals surface area contributed by atoms with Crippen molar-refractivity contribution in [3.8, 4) is 28.7 Å².